The zero-order chi connectivity index (χ0) is 27.0. The summed E-state index contributed by atoms with van der Waals surface area (Å²) >= 11 is 0. The molecule has 0 radical (unpaired) electrons. The van der Waals surface area contributed by atoms with Gasteiger partial charge in [-0.3, -0.25) is 0 Å². The Hall–Kier alpha value is -2.62. The van der Waals surface area contributed by atoms with Crippen LogP contribution in [-0.4, -0.2) is 60.1 Å². The van der Waals surface area contributed by atoms with Crippen molar-refractivity contribution in [2.45, 2.75) is 49.1 Å². The summed E-state index contributed by atoms with van der Waals surface area (Å²) in [5, 5.41) is 9.62. The van der Waals surface area contributed by atoms with Crippen LogP contribution in [-0.2, 0) is 4.74 Å². The van der Waals surface area contributed by atoms with Gasteiger partial charge in [0.05, 0.1) is 19.6 Å². The predicted octanol–water partition coefficient (Wildman–Crippen LogP) is 6.08. The molecule has 1 aromatic rings. The van der Waals surface area contributed by atoms with Gasteiger partial charge < -0.3 is 14.6 Å². The number of ether oxygens (including phenoxy) is 2. The van der Waals surface area contributed by atoms with Gasteiger partial charge in [0, 0.05) is 6.07 Å². The van der Waals surface area contributed by atoms with E-state index in [4.69, 9.17) is 0 Å². The standard InChI is InChI=1S/C17H13F13O4/c1-2-33-11(32)9-4-3-8(7-10(9)31)34-6-5-12(18,19)13(20,21)14(22,23)15(24,25)16(26,27)17(28,29)30/h3-4,7,31H,2,5-6H2,1H3. The molecule has 17 heteroatoms. The third-order valence-corrected chi connectivity index (χ3v) is 4.15. The Kier molecular flexibility index (Phi) is 7.96. The van der Waals surface area contributed by atoms with Crippen LogP contribution in [0.15, 0.2) is 18.2 Å². The number of esters is 1. The van der Waals surface area contributed by atoms with Crippen molar-refractivity contribution < 1.29 is 76.5 Å². The van der Waals surface area contributed by atoms with Crippen LogP contribution >= 0.6 is 0 Å². The molecule has 0 aliphatic rings. The van der Waals surface area contributed by atoms with E-state index in [0.29, 0.717) is 6.07 Å². The smallest absolute Gasteiger partial charge is 0.460 e. The van der Waals surface area contributed by atoms with Gasteiger partial charge in [0.25, 0.3) is 0 Å². The summed E-state index contributed by atoms with van der Waals surface area (Å²) in [6, 6.07) is 2.16. The number of halogens is 13. The summed E-state index contributed by atoms with van der Waals surface area (Å²) in [7, 11) is 0. The second kappa shape index (κ2) is 9.20. The van der Waals surface area contributed by atoms with Crippen molar-refractivity contribution in [3.8, 4) is 11.5 Å². The van der Waals surface area contributed by atoms with Crippen LogP contribution in [0.2, 0.25) is 0 Å². The maximum atomic E-state index is 13.7. The number of rotatable bonds is 10. The fourth-order valence-corrected chi connectivity index (χ4v) is 2.24. The molecule has 0 aliphatic heterocycles. The molecular formula is C17H13F13O4. The number of hydrogen-bond donors (Lipinski definition) is 1. The molecule has 0 amide bonds. The fraction of sp³-hybridized carbons (Fsp3) is 0.588. The van der Waals surface area contributed by atoms with Gasteiger partial charge in [0.15, 0.2) is 0 Å². The molecule has 0 heterocycles. The van der Waals surface area contributed by atoms with Gasteiger partial charge in [-0.1, -0.05) is 0 Å². The number of benzene rings is 1. The molecule has 0 fully saturated rings. The Morgan fingerprint density at radius 3 is 1.76 bits per heavy atom. The normalized spacial score (nSPS) is 14.2. The lowest BCUT2D eigenvalue weighted by atomic mass is 9.93. The average molecular weight is 528 g/mol. The van der Waals surface area contributed by atoms with Crippen molar-refractivity contribution in [2.24, 2.45) is 0 Å². The maximum absolute atomic E-state index is 13.7. The third-order valence-electron chi connectivity index (χ3n) is 4.15. The molecule has 1 aromatic carbocycles. The van der Waals surface area contributed by atoms with Gasteiger partial charge in [-0.25, -0.2) is 4.79 Å². The second-order valence-corrected chi connectivity index (χ2v) is 6.50. The zero-order valence-corrected chi connectivity index (χ0v) is 16.4. The lowest BCUT2D eigenvalue weighted by Crippen LogP contribution is -2.70. The quantitative estimate of drug-likeness (QED) is 0.296. The first-order valence-electron chi connectivity index (χ1n) is 8.67. The van der Waals surface area contributed by atoms with Gasteiger partial charge in [-0.15, -0.1) is 0 Å². The van der Waals surface area contributed by atoms with E-state index in [1.54, 1.807) is 0 Å². The Morgan fingerprint density at radius 1 is 0.824 bits per heavy atom. The van der Waals surface area contributed by atoms with E-state index < -0.39 is 71.8 Å². The molecule has 0 saturated carbocycles. The summed E-state index contributed by atoms with van der Waals surface area (Å²) in [6.45, 7) is -0.400. The van der Waals surface area contributed by atoms with Crippen LogP contribution in [0.3, 0.4) is 0 Å². The minimum atomic E-state index is -7.97. The van der Waals surface area contributed by atoms with Crippen LogP contribution < -0.4 is 4.74 Å². The van der Waals surface area contributed by atoms with Crippen molar-refractivity contribution in [3.63, 3.8) is 0 Å². The molecule has 0 bridgehead atoms. The van der Waals surface area contributed by atoms with E-state index in [-0.39, 0.29) is 6.61 Å². The Labute approximate surface area is 181 Å². The maximum Gasteiger partial charge on any atom is 0.460 e. The van der Waals surface area contributed by atoms with Crippen molar-refractivity contribution >= 4 is 5.97 Å². The van der Waals surface area contributed by atoms with E-state index in [1.807, 2.05) is 0 Å². The van der Waals surface area contributed by atoms with E-state index >= 15 is 0 Å². The average Bonchev–Trinajstić information content (AvgIpc) is 2.66. The highest BCUT2D eigenvalue weighted by atomic mass is 19.4. The predicted molar refractivity (Wildman–Crippen MR) is 85.0 cm³/mol. The molecule has 1 rings (SSSR count). The Bertz CT molecular complexity index is 881. The number of aromatic hydroxyl groups is 1. The molecule has 0 aliphatic carbocycles. The summed E-state index contributed by atoms with van der Waals surface area (Å²) in [4.78, 5) is 11.5. The number of alkyl halides is 13. The summed E-state index contributed by atoms with van der Waals surface area (Å²) < 4.78 is 178. The number of carbonyl (C=O) groups excluding carboxylic acids is 1. The monoisotopic (exact) mass is 528 g/mol. The van der Waals surface area contributed by atoms with Crippen molar-refractivity contribution in [2.75, 3.05) is 13.2 Å². The molecule has 0 saturated heterocycles. The second-order valence-electron chi connectivity index (χ2n) is 6.50. The number of hydrogen-bond acceptors (Lipinski definition) is 4. The van der Waals surface area contributed by atoms with Crippen LogP contribution in [0.1, 0.15) is 23.7 Å². The third kappa shape index (κ3) is 4.92. The number of phenolic OH excluding ortho intramolecular Hbond substituents is 1. The van der Waals surface area contributed by atoms with Gasteiger partial charge in [-0.05, 0) is 19.1 Å². The van der Waals surface area contributed by atoms with Gasteiger partial charge >= 0.3 is 41.8 Å². The number of carbonyl (C=O) groups is 1. The molecule has 0 atom stereocenters. The molecule has 34 heavy (non-hydrogen) atoms. The topological polar surface area (TPSA) is 55.8 Å². The lowest BCUT2D eigenvalue weighted by molar-refractivity contribution is -0.440. The Morgan fingerprint density at radius 2 is 1.32 bits per heavy atom. The van der Waals surface area contributed by atoms with E-state index in [0.717, 1.165) is 12.1 Å². The van der Waals surface area contributed by atoms with Gasteiger partial charge in [0.2, 0.25) is 0 Å². The molecular weight excluding hydrogens is 515 g/mol. The van der Waals surface area contributed by atoms with Gasteiger partial charge in [0.1, 0.15) is 17.1 Å². The highest BCUT2D eigenvalue weighted by Gasteiger charge is 2.90. The Balaban J connectivity index is 3.07. The van der Waals surface area contributed by atoms with E-state index in [9.17, 15) is 67.0 Å². The lowest BCUT2D eigenvalue weighted by Gasteiger charge is -2.39. The zero-order valence-electron chi connectivity index (χ0n) is 16.4. The first-order chi connectivity index (χ1) is 15.1. The minimum absolute atomic E-state index is 0.113. The molecule has 0 aromatic heterocycles. The summed E-state index contributed by atoms with van der Waals surface area (Å²) in [5.74, 6) is -39.9. The summed E-state index contributed by atoms with van der Waals surface area (Å²) in [5.41, 5.74) is -0.460. The first-order valence-corrected chi connectivity index (χ1v) is 8.67. The fourth-order valence-electron chi connectivity index (χ4n) is 2.24. The van der Waals surface area contributed by atoms with Crippen molar-refractivity contribution in [1.29, 1.82) is 0 Å². The van der Waals surface area contributed by atoms with Crippen LogP contribution in [0.5, 0.6) is 11.5 Å². The number of phenols is 1. The highest BCUT2D eigenvalue weighted by molar-refractivity contribution is 5.92. The highest BCUT2D eigenvalue weighted by Crippen LogP contribution is 2.60. The molecule has 0 spiro atoms. The minimum Gasteiger partial charge on any atom is -0.507 e. The molecule has 196 valence electrons. The molecule has 1 N–H and O–H groups in total. The van der Waals surface area contributed by atoms with Crippen molar-refractivity contribution in [3.05, 3.63) is 23.8 Å². The summed E-state index contributed by atoms with van der Waals surface area (Å²) in [6.07, 6.45) is -10.0. The van der Waals surface area contributed by atoms with E-state index in [2.05, 4.69) is 9.47 Å². The molecule has 0 unspecified atom stereocenters. The van der Waals surface area contributed by atoms with Crippen LogP contribution in [0, 0.1) is 0 Å². The largest absolute Gasteiger partial charge is 0.507 e. The SMILES string of the molecule is CCOC(=O)c1ccc(OCCC(F)(F)C(F)(F)C(F)(F)C(F)(F)C(F)(F)C(F)(F)F)cc1O. The van der Waals surface area contributed by atoms with Gasteiger partial charge in [-0.2, -0.15) is 57.1 Å². The van der Waals surface area contributed by atoms with Crippen LogP contribution in [0.4, 0.5) is 57.1 Å². The molecule has 4 nitrogen and oxygen atoms in total. The van der Waals surface area contributed by atoms with Crippen molar-refractivity contribution in [1.82, 2.24) is 0 Å². The van der Waals surface area contributed by atoms with Crippen LogP contribution in [0.25, 0.3) is 0 Å². The van der Waals surface area contributed by atoms with E-state index in [1.165, 1.54) is 6.92 Å². The first kappa shape index (κ1) is 29.4.